The van der Waals surface area contributed by atoms with E-state index in [2.05, 4.69) is 44.5 Å². The van der Waals surface area contributed by atoms with Crippen molar-refractivity contribution in [2.45, 2.75) is 64.5 Å². The second-order valence-electron chi connectivity index (χ2n) is 8.47. The summed E-state index contributed by atoms with van der Waals surface area (Å²) in [6.07, 6.45) is 2.90. The number of hydrogen-bond donors (Lipinski definition) is 1. The minimum Gasteiger partial charge on any atom is -0.359 e. The van der Waals surface area contributed by atoms with Crippen LogP contribution in [0.5, 0.6) is 0 Å². The highest BCUT2D eigenvalue weighted by molar-refractivity contribution is 7.83. The molecule has 0 aliphatic heterocycles. The lowest BCUT2D eigenvalue weighted by molar-refractivity contribution is -0.127. The Morgan fingerprint density at radius 2 is 1.81 bits per heavy atom. The van der Waals surface area contributed by atoms with Crippen LogP contribution in [0, 0.1) is 11.8 Å². The van der Waals surface area contributed by atoms with Crippen molar-refractivity contribution in [3.8, 4) is 0 Å². The summed E-state index contributed by atoms with van der Waals surface area (Å²) in [7, 11) is 0.595. The van der Waals surface area contributed by atoms with Gasteiger partial charge in [0.15, 0.2) is 0 Å². The molecule has 1 unspecified atom stereocenters. The van der Waals surface area contributed by atoms with E-state index in [9.17, 15) is 4.21 Å². The molecule has 2 atom stereocenters. The van der Waals surface area contributed by atoms with Gasteiger partial charge in [0, 0.05) is 29.3 Å². The maximum Gasteiger partial charge on any atom is 0.146 e. The van der Waals surface area contributed by atoms with Gasteiger partial charge in [-0.2, -0.15) is 0 Å². The Hall–Kier alpha value is -0.460. The van der Waals surface area contributed by atoms with Crippen molar-refractivity contribution in [3.05, 3.63) is 34.9 Å². The van der Waals surface area contributed by atoms with E-state index in [4.69, 9.17) is 21.1 Å². The van der Waals surface area contributed by atoms with Crippen molar-refractivity contribution < 1.29 is 13.7 Å². The van der Waals surface area contributed by atoms with E-state index in [0.29, 0.717) is 24.4 Å². The molecule has 1 fully saturated rings. The molecule has 1 aromatic rings. The molecule has 1 saturated carbocycles. The Kier molecular flexibility index (Phi) is 8.75. The zero-order valence-corrected chi connectivity index (χ0v) is 18.7. The standard InChI is InChI=1S/C21H34ClNO3S/c1-15(2)10-20(23-27(24)13-16(3)4)21(11-19(12-21)26-14-25-5)17-6-8-18(22)9-7-17/h6-9,15-16,19-20,23H,10-14H2,1-5H3/t19?,20-,21?,27?/m1/s1. The molecule has 1 aliphatic rings. The van der Waals surface area contributed by atoms with E-state index in [1.807, 2.05) is 12.1 Å². The number of benzene rings is 1. The zero-order valence-electron chi connectivity index (χ0n) is 17.2. The number of methoxy groups -OCH3 is 1. The van der Waals surface area contributed by atoms with Crippen LogP contribution < -0.4 is 4.72 Å². The Morgan fingerprint density at radius 3 is 2.33 bits per heavy atom. The third-order valence-corrected chi connectivity index (χ3v) is 6.93. The van der Waals surface area contributed by atoms with E-state index >= 15 is 0 Å². The fraction of sp³-hybridized carbons (Fsp3) is 0.714. The number of halogens is 1. The second kappa shape index (κ2) is 10.4. The van der Waals surface area contributed by atoms with Crippen molar-refractivity contribution >= 4 is 22.6 Å². The largest absolute Gasteiger partial charge is 0.359 e. The monoisotopic (exact) mass is 415 g/mol. The quantitative estimate of drug-likeness (QED) is 0.533. The van der Waals surface area contributed by atoms with Crippen molar-refractivity contribution in [2.75, 3.05) is 19.7 Å². The summed E-state index contributed by atoms with van der Waals surface area (Å²) in [5, 5.41) is 0.733. The van der Waals surface area contributed by atoms with Gasteiger partial charge in [-0.15, -0.1) is 0 Å². The molecular weight excluding hydrogens is 382 g/mol. The van der Waals surface area contributed by atoms with Gasteiger partial charge in [-0.25, -0.2) is 8.93 Å². The third kappa shape index (κ3) is 6.26. The van der Waals surface area contributed by atoms with Crippen LogP contribution in [-0.2, 0) is 25.9 Å². The molecule has 1 aliphatic carbocycles. The lowest BCUT2D eigenvalue weighted by atomic mass is 9.57. The second-order valence-corrected chi connectivity index (χ2v) is 10.2. The van der Waals surface area contributed by atoms with Crippen LogP contribution in [-0.4, -0.2) is 36.0 Å². The fourth-order valence-electron chi connectivity index (χ4n) is 3.91. The van der Waals surface area contributed by atoms with E-state index in [0.717, 1.165) is 24.3 Å². The summed E-state index contributed by atoms with van der Waals surface area (Å²) < 4.78 is 27.0. The Morgan fingerprint density at radius 1 is 1.19 bits per heavy atom. The Bertz CT molecular complexity index is 600. The van der Waals surface area contributed by atoms with Crippen molar-refractivity contribution in [3.63, 3.8) is 0 Å². The van der Waals surface area contributed by atoms with Gasteiger partial charge >= 0.3 is 0 Å². The molecule has 154 valence electrons. The average molecular weight is 416 g/mol. The fourth-order valence-corrected chi connectivity index (χ4v) is 5.37. The van der Waals surface area contributed by atoms with Gasteiger partial charge in [-0.05, 0) is 48.8 Å². The van der Waals surface area contributed by atoms with Gasteiger partial charge in [0.1, 0.15) is 6.79 Å². The van der Waals surface area contributed by atoms with Crippen molar-refractivity contribution in [1.82, 2.24) is 4.72 Å². The van der Waals surface area contributed by atoms with Gasteiger partial charge in [-0.3, -0.25) is 0 Å². The molecule has 1 N–H and O–H groups in total. The summed E-state index contributed by atoms with van der Waals surface area (Å²) >= 11 is 6.12. The number of nitrogens with one attached hydrogen (secondary N) is 1. The maximum absolute atomic E-state index is 12.7. The van der Waals surface area contributed by atoms with Crippen molar-refractivity contribution in [2.24, 2.45) is 11.8 Å². The van der Waals surface area contributed by atoms with Crippen LogP contribution in [0.3, 0.4) is 0 Å². The minimum atomic E-state index is -1.05. The first-order valence-corrected chi connectivity index (χ1v) is 11.5. The number of hydrogen-bond acceptors (Lipinski definition) is 3. The predicted molar refractivity (Wildman–Crippen MR) is 113 cm³/mol. The highest BCUT2D eigenvalue weighted by atomic mass is 35.5. The molecule has 0 aromatic heterocycles. The van der Waals surface area contributed by atoms with E-state index < -0.39 is 11.0 Å². The van der Waals surface area contributed by atoms with Crippen molar-refractivity contribution in [1.29, 1.82) is 0 Å². The van der Waals surface area contributed by atoms with Gasteiger partial charge in [-0.1, -0.05) is 51.4 Å². The molecule has 0 radical (unpaired) electrons. The number of ether oxygens (including phenoxy) is 2. The summed E-state index contributed by atoms with van der Waals surface area (Å²) in [5.41, 5.74) is 1.14. The minimum absolute atomic E-state index is 0.0973. The van der Waals surface area contributed by atoms with Gasteiger partial charge in [0.05, 0.1) is 17.1 Å². The lowest BCUT2D eigenvalue weighted by Gasteiger charge is -2.53. The molecule has 0 heterocycles. The van der Waals surface area contributed by atoms with Crippen LogP contribution in [0.2, 0.25) is 5.02 Å². The summed E-state index contributed by atoms with van der Waals surface area (Å²) in [6, 6.07) is 8.23. The molecule has 2 rings (SSSR count). The van der Waals surface area contributed by atoms with Crippen LogP contribution in [0.4, 0.5) is 0 Å². The first kappa shape index (κ1) is 22.8. The maximum atomic E-state index is 12.7. The third-order valence-electron chi connectivity index (χ3n) is 5.16. The van der Waals surface area contributed by atoms with E-state index in [-0.39, 0.29) is 17.6 Å². The molecule has 0 bridgehead atoms. The van der Waals surface area contributed by atoms with Gasteiger partial charge in [0.25, 0.3) is 0 Å². The smallest absolute Gasteiger partial charge is 0.146 e. The van der Waals surface area contributed by atoms with Crippen LogP contribution in [0.15, 0.2) is 24.3 Å². The van der Waals surface area contributed by atoms with E-state index in [1.54, 1.807) is 7.11 Å². The Labute approximate surface area is 171 Å². The highest BCUT2D eigenvalue weighted by Gasteiger charge is 2.51. The lowest BCUT2D eigenvalue weighted by Crippen LogP contribution is -2.59. The predicted octanol–water partition coefficient (Wildman–Crippen LogP) is 4.68. The highest BCUT2D eigenvalue weighted by Crippen LogP contribution is 2.49. The van der Waals surface area contributed by atoms with Gasteiger partial charge in [0.2, 0.25) is 0 Å². The topological polar surface area (TPSA) is 47.6 Å². The van der Waals surface area contributed by atoms with Crippen LogP contribution in [0.1, 0.15) is 52.5 Å². The first-order chi connectivity index (χ1) is 12.8. The summed E-state index contributed by atoms with van der Waals surface area (Å²) in [6.45, 7) is 8.94. The Balaban J connectivity index is 2.27. The molecule has 27 heavy (non-hydrogen) atoms. The SMILES string of the molecule is COCOC1CC(c2ccc(Cl)cc2)([C@@H](CC(C)C)NS(=O)CC(C)C)C1. The zero-order chi connectivity index (χ0) is 20.0. The molecule has 0 spiro atoms. The molecule has 4 nitrogen and oxygen atoms in total. The average Bonchev–Trinajstić information content (AvgIpc) is 2.53. The molecule has 6 heteroatoms. The molecule has 0 amide bonds. The summed E-state index contributed by atoms with van der Waals surface area (Å²) in [5.74, 6) is 1.56. The number of rotatable bonds is 11. The van der Waals surface area contributed by atoms with Gasteiger partial charge < -0.3 is 9.47 Å². The summed E-state index contributed by atoms with van der Waals surface area (Å²) in [4.78, 5) is 0. The first-order valence-electron chi connectivity index (χ1n) is 9.78. The van der Waals surface area contributed by atoms with E-state index in [1.165, 1.54) is 5.56 Å². The molecular formula is C21H34ClNO3S. The van der Waals surface area contributed by atoms with Crippen LogP contribution >= 0.6 is 11.6 Å². The molecule has 0 saturated heterocycles. The normalized spacial score (nSPS) is 24.8. The van der Waals surface area contributed by atoms with Crippen LogP contribution in [0.25, 0.3) is 0 Å². The molecule has 1 aromatic carbocycles.